The van der Waals surface area contributed by atoms with Crippen LogP contribution in [0.2, 0.25) is 0 Å². The van der Waals surface area contributed by atoms with Crippen LogP contribution >= 0.6 is 0 Å². The van der Waals surface area contributed by atoms with Gasteiger partial charge in [-0.05, 0) is 90.1 Å². The van der Waals surface area contributed by atoms with Gasteiger partial charge in [0.15, 0.2) is 5.78 Å². The Morgan fingerprint density at radius 3 is 1.93 bits per heavy atom. The van der Waals surface area contributed by atoms with Gasteiger partial charge >= 0.3 is 0 Å². The van der Waals surface area contributed by atoms with Gasteiger partial charge in [-0.1, -0.05) is 0 Å². The first-order valence-electron chi connectivity index (χ1n) is 9.35. The number of ether oxygens (including phenoxy) is 3. The fourth-order valence-corrected chi connectivity index (χ4v) is 2.50. The molecule has 0 spiro atoms. The van der Waals surface area contributed by atoms with Crippen molar-refractivity contribution in [2.24, 2.45) is 0 Å². The van der Waals surface area contributed by atoms with Gasteiger partial charge in [0.1, 0.15) is 28.5 Å². The van der Waals surface area contributed by atoms with E-state index in [2.05, 4.69) is 0 Å². The summed E-state index contributed by atoms with van der Waals surface area (Å²) < 4.78 is 17.2. The minimum absolute atomic E-state index is 0.0839. The molecule has 28 heavy (non-hydrogen) atoms. The van der Waals surface area contributed by atoms with E-state index in [-0.39, 0.29) is 17.0 Å². The number of methoxy groups -OCH3 is 1. The second kappa shape index (κ2) is 8.51. The predicted octanol–water partition coefficient (Wildman–Crippen LogP) is 5.95. The lowest BCUT2D eigenvalue weighted by Crippen LogP contribution is -2.24. The summed E-state index contributed by atoms with van der Waals surface area (Å²) in [6.07, 6.45) is 3.32. The Balaban J connectivity index is 2.28. The fraction of sp³-hybridized carbons (Fsp3) is 0.375. The summed E-state index contributed by atoms with van der Waals surface area (Å²) in [5.74, 6) is 2.04. The molecule has 0 N–H and O–H groups in total. The topological polar surface area (TPSA) is 44.8 Å². The van der Waals surface area contributed by atoms with Crippen molar-refractivity contribution in [1.29, 1.82) is 0 Å². The Hall–Kier alpha value is -2.75. The van der Waals surface area contributed by atoms with E-state index in [0.717, 1.165) is 17.1 Å². The molecule has 0 amide bonds. The predicted molar refractivity (Wildman–Crippen MR) is 114 cm³/mol. The lowest BCUT2D eigenvalue weighted by atomic mass is 10.1. The molecule has 0 unspecified atom stereocenters. The van der Waals surface area contributed by atoms with Crippen LogP contribution in [-0.2, 0) is 0 Å². The van der Waals surface area contributed by atoms with Crippen LogP contribution in [0.4, 0.5) is 0 Å². The highest BCUT2D eigenvalue weighted by Gasteiger charge is 2.17. The standard InChI is InChI=1S/C24H30O4/c1-23(2,3)27-20-14-10-18(22(16-20)28-24(4,5)6)11-15-21(25)17-8-12-19(26-7)13-9-17/h8-16H,1-7H3/b15-11-. The van der Waals surface area contributed by atoms with Gasteiger partial charge in [0, 0.05) is 17.2 Å². The molecule has 150 valence electrons. The fourth-order valence-electron chi connectivity index (χ4n) is 2.50. The lowest BCUT2D eigenvalue weighted by molar-refractivity contribution is 0.104. The van der Waals surface area contributed by atoms with E-state index in [4.69, 9.17) is 14.2 Å². The van der Waals surface area contributed by atoms with Crippen molar-refractivity contribution in [3.8, 4) is 17.2 Å². The van der Waals surface area contributed by atoms with E-state index in [0.29, 0.717) is 11.3 Å². The minimum atomic E-state index is -0.372. The number of carbonyl (C=O) groups is 1. The monoisotopic (exact) mass is 382 g/mol. The third kappa shape index (κ3) is 6.76. The summed E-state index contributed by atoms with van der Waals surface area (Å²) in [7, 11) is 1.60. The van der Waals surface area contributed by atoms with Gasteiger partial charge in [-0.2, -0.15) is 0 Å². The van der Waals surface area contributed by atoms with Gasteiger partial charge < -0.3 is 14.2 Å². The first kappa shape index (κ1) is 21.5. The molecule has 0 aliphatic rings. The third-order valence-corrected chi connectivity index (χ3v) is 3.61. The van der Waals surface area contributed by atoms with Crippen molar-refractivity contribution in [3.63, 3.8) is 0 Å². The maximum atomic E-state index is 12.5. The highest BCUT2D eigenvalue weighted by molar-refractivity contribution is 6.07. The Bertz CT molecular complexity index is 834. The zero-order chi connectivity index (χ0) is 20.9. The highest BCUT2D eigenvalue weighted by atomic mass is 16.5. The molecule has 0 atom stereocenters. The summed E-state index contributed by atoms with van der Waals surface area (Å²) in [6.45, 7) is 12.0. The zero-order valence-corrected chi connectivity index (χ0v) is 17.8. The molecule has 0 fully saturated rings. The number of carbonyl (C=O) groups excluding carboxylic acids is 1. The van der Waals surface area contributed by atoms with Gasteiger partial charge in [-0.25, -0.2) is 0 Å². The number of hydrogen-bond donors (Lipinski definition) is 0. The molecule has 0 heterocycles. The quantitative estimate of drug-likeness (QED) is 0.458. The molecule has 2 aromatic rings. The molecular formula is C24H30O4. The maximum absolute atomic E-state index is 12.5. The van der Waals surface area contributed by atoms with Crippen molar-refractivity contribution >= 4 is 11.9 Å². The largest absolute Gasteiger partial charge is 0.497 e. The molecule has 2 aromatic carbocycles. The van der Waals surface area contributed by atoms with Crippen LogP contribution in [-0.4, -0.2) is 24.1 Å². The summed E-state index contributed by atoms with van der Waals surface area (Å²) in [5, 5.41) is 0. The molecule has 0 saturated carbocycles. The number of hydrogen-bond acceptors (Lipinski definition) is 4. The van der Waals surface area contributed by atoms with E-state index < -0.39 is 0 Å². The highest BCUT2D eigenvalue weighted by Crippen LogP contribution is 2.31. The van der Waals surface area contributed by atoms with Gasteiger partial charge in [0.25, 0.3) is 0 Å². The van der Waals surface area contributed by atoms with Gasteiger partial charge in [-0.3, -0.25) is 4.79 Å². The average molecular weight is 383 g/mol. The van der Waals surface area contributed by atoms with Crippen LogP contribution < -0.4 is 14.2 Å². The van der Waals surface area contributed by atoms with Crippen LogP contribution in [0.3, 0.4) is 0 Å². The summed E-state index contributed by atoms with van der Waals surface area (Å²) in [6, 6.07) is 12.7. The Morgan fingerprint density at radius 2 is 1.39 bits per heavy atom. The zero-order valence-electron chi connectivity index (χ0n) is 17.8. The molecule has 2 rings (SSSR count). The normalized spacial score (nSPS) is 12.1. The maximum Gasteiger partial charge on any atom is 0.185 e. The first-order valence-corrected chi connectivity index (χ1v) is 9.35. The molecule has 0 radical (unpaired) electrons. The number of allylic oxidation sites excluding steroid dienone is 1. The molecule has 0 aliphatic heterocycles. The molecular weight excluding hydrogens is 352 g/mol. The molecule has 0 aromatic heterocycles. The van der Waals surface area contributed by atoms with Crippen molar-refractivity contribution in [3.05, 3.63) is 59.7 Å². The number of ketones is 1. The second-order valence-electron chi connectivity index (χ2n) is 8.55. The molecule has 4 nitrogen and oxygen atoms in total. The molecule has 0 bridgehead atoms. The number of benzene rings is 2. The lowest BCUT2D eigenvalue weighted by Gasteiger charge is -2.25. The van der Waals surface area contributed by atoms with Gasteiger partial charge in [-0.15, -0.1) is 0 Å². The van der Waals surface area contributed by atoms with E-state index in [9.17, 15) is 4.79 Å². The van der Waals surface area contributed by atoms with E-state index in [1.54, 1.807) is 43.5 Å². The number of rotatable bonds is 6. The van der Waals surface area contributed by atoms with E-state index in [1.807, 2.05) is 59.7 Å². The van der Waals surface area contributed by atoms with Crippen LogP contribution in [0.5, 0.6) is 17.2 Å². The Kier molecular flexibility index (Phi) is 6.55. The average Bonchev–Trinajstić information content (AvgIpc) is 2.58. The van der Waals surface area contributed by atoms with Crippen LogP contribution in [0.1, 0.15) is 57.5 Å². The van der Waals surface area contributed by atoms with Crippen LogP contribution in [0.15, 0.2) is 48.5 Å². The van der Waals surface area contributed by atoms with Crippen molar-refractivity contribution in [1.82, 2.24) is 0 Å². The molecule has 4 heteroatoms. The SMILES string of the molecule is COc1ccc(C(=O)/C=C\c2ccc(OC(C)(C)C)cc2OC(C)(C)C)cc1. The smallest absolute Gasteiger partial charge is 0.185 e. The summed E-state index contributed by atoms with van der Waals surface area (Å²) in [5.41, 5.74) is 0.741. The first-order chi connectivity index (χ1) is 13.0. The third-order valence-electron chi connectivity index (χ3n) is 3.61. The van der Waals surface area contributed by atoms with Crippen molar-refractivity contribution in [2.45, 2.75) is 52.7 Å². The Labute approximate surface area is 168 Å². The summed E-state index contributed by atoms with van der Waals surface area (Å²) in [4.78, 5) is 12.5. The van der Waals surface area contributed by atoms with E-state index >= 15 is 0 Å². The second-order valence-corrected chi connectivity index (χ2v) is 8.55. The Morgan fingerprint density at radius 1 is 0.821 bits per heavy atom. The van der Waals surface area contributed by atoms with Gasteiger partial charge in [0.2, 0.25) is 0 Å². The minimum Gasteiger partial charge on any atom is -0.497 e. The van der Waals surface area contributed by atoms with Crippen LogP contribution in [0.25, 0.3) is 6.08 Å². The van der Waals surface area contributed by atoms with Crippen LogP contribution in [0, 0.1) is 0 Å². The molecule has 0 aliphatic carbocycles. The van der Waals surface area contributed by atoms with Crippen molar-refractivity contribution in [2.75, 3.05) is 7.11 Å². The van der Waals surface area contributed by atoms with Gasteiger partial charge in [0.05, 0.1) is 7.11 Å². The van der Waals surface area contributed by atoms with E-state index in [1.165, 1.54) is 0 Å². The summed E-state index contributed by atoms with van der Waals surface area (Å²) >= 11 is 0. The van der Waals surface area contributed by atoms with Crippen molar-refractivity contribution < 1.29 is 19.0 Å². The molecule has 0 saturated heterocycles.